The van der Waals surface area contributed by atoms with Crippen LogP contribution in [0.25, 0.3) is 0 Å². The van der Waals surface area contributed by atoms with E-state index in [0.29, 0.717) is 11.3 Å². The smallest absolute Gasteiger partial charge is 0.268 e. The Bertz CT molecular complexity index is 571. The molecule has 0 spiro atoms. The van der Waals surface area contributed by atoms with Crippen LogP contribution in [0, 0.1) is 0 Å². The van der Waals surface area contributed by atoms with Gasteiger partial charge >= 0.3 is 0 Å². The van der Waals surface area contributed by atoms with Crippen LogP contribution < -0.4 is 5.32 Å². The molecule has 2 rings (SSSR count). The van der Waals surface area contributed by atoms with Crippen molar-refractivity contribution in [2.45, 2.75) is 13.0 Å². The fraction of sp³-hybridized carbons (Fsp3) is 0.231. The number of carbonyl (C=O) groups is 2. The molecule has 0 saturated heterocycles. The number of aliphatic hydroxyl groups is 1. The van der Waals surface area contributed by atoms with Crippen LogP contribution in [-0.2, 0) is 0 Å². The van der Waals surface area contributed by atoms with Crippen LogP contribution in [0.4, 0.5) is 0 Å². The Balaban J connectivity index is 2.09. The standard InChI is InChI=1S/C13H14N2O4/c1-8(17)9-5-10(14-6-9)13(18)15-11(7-16)12-3-2-4-19-12/h2-6,11,14,16H,7H2,1H3,(H,15,18). The largest absolute Gasteiger partial charge is 0.467 e. The minimum atomic E-state index is -0.619. The van der Waals surface area contributed by atoms with E-state index in [1.54, 1.807) is 12.1 Å². The molecule has 0 radical (unpaired) electrons. The summed E-state index contributed by atoms with van der Waals surface area (Å²) in [6.45, 7) is 1.14. The zero-order valence-corrected chi connectivity index (χ0v) is 10.3. The molecule has 1 unspecified atom stereocenters. The van der Waals surface area contributed by atoms with Crippen LogP contribution in [0.3, 0.4) is 0 Å². The maximum atomic E-state index is 11.9. The third kappa shape index (κ3) is 2.92. The Kier molecular flexibility index (Phi) is 3.82. The Labute approximate surface area is 109 Å². The second-order valence-electron chi connectivity index (χ2n) is 4.08. The predicted octanol–water partition coefficient (Wildman–Crippen LogP) is 1.27. The number of nitrogens with one attached hydrogen (secondary N) is 2. The van der Waals surface area contributed by atoms with Crippen molar-refractivity contribution < 1.29 is 19.1 Å². The molecule has 2 aromatic rings. The van der Waals surface area contributed by atoms with Gasteiger partial charge in [-0.15, -0.1) is 0 Å². The van der Waals surface area contributed by atoms with Gasteiger partial charge in [0.05, 0.1) is 12.9 Å². The summed E-state index contributed by atoms with van der Waals surface area (Å²) in [4.78, 5) is 25.8. The van der Waals surface area contributed by atoms with E-state index < -0.39 is 11.9 Å². The minimum Gasteiger partial charge on any atom is -0.467 e. The molecule has 0 fully saturated rings. The van der Waals surface area contributed by atoms with Gasteiger partial charge in [-0.3, -0.25) is 9.59 Å². The molecule has 6 nitrogen and oxygen atoms in total. The maximum Gasteiger partial charge on any atom is 0.268 e. The van der Waals surface area contributed by atoms with Crippen molar-refractivity contribution in [3.63, 3.8) is 0 Å². The van der Waals surface area contributed by atoms with Crippen LogP contribution in [0.5, 0.6) is 0 Å². The monoisotopic (exact) mass is 262 g/mol. The first-order valence-corrected chi connectivity index (χ1v) is 5.76. The van der Waals surface area contributed by atoms with Gasteiger partial charge in [0.15, 0.2) is 5.78 Å². The predicted molar refractivity (Wildman–Crippen MR) is 66.8 cm³/mol. The van der Waals surface area contributed by atoms with E-state index in [0.717, 1.165) is 0 Å². The SMILES string of the molecule is CC(=O)c1c[nH]c(C(=O)NC(CO)c2ccco2)c1. The number of hydrogen-bond donors (Lipinski definition) is 3. The topological polar surface area (TPSA) is 95.3 Å². The lowest BCUT2D eigenvalue weighted by atomic mass is 10.2. The first kappa shape index (κ1) is 13.1. The van der Waals surface area contributed by atoms with Gasteiger partial charge < -0.3 is 19.8 Å². The zero-order valence-electron chi connectivity index (χ0n) is 10.3. The van der Waals surface area contributed by atoms with Gasteiger partial charge in [-0.05, 0) is 25.1 Å². The van der Waals surface area contributed by atoms with Crippen LogP contribution in [-0.4, -0.2) is 28.4 Å². The number of rotatable bonds is 5. The van der Waals surface area contributed by atoms with Crippen LogP contribution in [0.15, 0.2) is 35.1 Å². The zero-order chi connectivity index (χ0) is 13.8. The number of carbonyl (C=O) groups excluding carboxylic acids is 2. The molecule has 6 heteroatoms. The van der Waals surface area contributed by atoms with Crippen molar-refractivity contribution in [3.8, 4) is 0 Å². The molecule has 1 atom stereocenters. The summed E-state index contributed by atoms with van der Waals surface area (Å²) in [5.41, 5.74) is 0.693. The van der Waals surface area contributed by atoms with E-state index in [-0.39, 0.29) is 18.1 Å². The van der Waals surface area contributed by atoms with Crippen molar-refractivity contribution in [3.05, 3.63) is 47.7 Å². The highest BCUT2D eigenvalue weighted by molar-refractivity contribution is 5.99. The normalized spacial score (nSPS) is 12.1. The van der Waals surface area contributed by atoms with E-state index in [1.165, 1.54) is 25.5 Å². The second-order valence-corrected chi connectivity index (χ2v) is 4.08. The molecule has 0 aliphatic rings. The van der Waals surface area contributed by atoms with E-state index in [9.17, 15) is 14.7 Å². The van der Waals surface area contributed by atoms with Crippen LogP contribution in [0.1, 0.15) is 39.6 Å². The quantitative estimate of drug-likeness (QED) is 0.707. The van der Waals surface area contributed by atoms with E-state index >= 15 is 0 Å². The number of aliphatic hydroxyl groups excluding tert-OH is 1. The van der Waals surface area contributed by atoms with Crippen molar-refractivity contribution in [2.75, 3.05) is 6.61 Å². The molecule has 0 aliphatic carbocycles. The Morgan fingerprint density at radius 2 is 2.32 bits per heavy atom. The number of ketones is 1. The summed E-state index contributed by atoms with van der Waals surface area (Å²) < 4.78 is 5.13. The number of aromatic nitrogens is 1. The van der Waals surface area contributed by atoms with Crippen molar-refractivity contribution >= 4 is 11.7 Å². The lowest BCUT2D eigenvalue weighted by molar-refractivity contribution is 0.0903. The minimum absolute atomic E-state index is 0.125. The van der Waals surface area contributed by atoms with E-state index in [1.807, 2.05) is 0 Å². The summed E-state index contributed by atoms with van der Waals surface area (Å²) in [5.74, 6) is -0.0720. The highest BCUT2D eigenvalue weighted by Gasteiger charge is 2.18. The molecule has 19 heavy (non-hydrogen) atoms. The molecule has 2 heterocycles. The van der Waals surface area contributed by atoms with Gasteiger partial charge in [-0.25, -0.2) is 0 Å². The Morgan fingerprint density at radius 1 is 1.53 bits per heavy atom. The van der Waals surface area contributed by atoms with Gasteiger partial charge in [-0.1, -0.05) is 0 Å². The molecular formula is C13H14N2O4. The summed E-state index contributed by atoms with van der Waals surface area (Å²) in [6.07, 6.45) is 2.94. The molecule has 0 saturated carbocycles. The van der Waals surface area contributed by atoms with Gasteiger partial charge in [0.1, 0.15) is 17.5 Å². The number of H-pyrrole nitrogens is 1. The maximum absolute atomic E-state index is 11.9. The fourth-order valence-corrected chi connectivity index (χ4v) is 1.66. The highest BCUT2D eigenvalue weighted by Crippen LogP contribution is 2.14. The fourth-order valence-electron chi connectivity index (χ4n) is 1.66. The van der Waals surface area contributed by atoms with Crippen molar-refractivity contribution in [1.29, 1.82) is 0 Å². The number of Topliss-reactive ketones (excluding diaryl/α,β-unsaturated/α-hetero) is 1. The average molecular weight is 262 g/mol. The highest BCUT2D eigenvalue weighted by atomic mass is 16.3. The first-order chi connectivity index (χ1) is 9.11. The average Bonchev–Trinajstić information content (AvgIpc) is 3.05. The van der Waals surface area contributed by atoms with Crippen molar-refractivity contribution in [1.82, 2.24) is 10.3 Å². The molecule has 0 bridgehead atoms. The molecular weight excluding hydrogens is 248 g/mol. The van der Waals surface area contributed by atoms with Crippen molar-refractivity contribution in [2.24, 2.45) is 0 Å². The Hall–Kier alpha value is -2.34. The molecule has 100 valence electrons. The molecule has 1 amide bonds. The number of amides is 1. The molecule has 0 aliphatic heterocycles. The van der Waals surface area contributed by atoms with Gasteiger partial charge in [0, 0.05) is 11.8 Å². The van der Waals surface area contributed by atoms with E-state index in [2.05, 4.69) is 10.3 Å². The lowest BCUT2D eigenvalue weighted by Gasteiger charge is -2.12. The Morgan fingerprint density at radius 3 is 2.84 bits per heavy atom. The van der Waals surface area contributed by atoms with E-state index in [4.69, 9.17) is 4.42 Å². The van der Waals surface area contributed by atoms with Gasteiger partial charge in [0.25, 0.3) is 5.91 Å². The first-order valence-electron chi connectivity index (χ1n) is 5.76. The second kappa shape index (κ2) is 5.53. The lowest BCUT2D eigenvalue weighted by Crippen LogP contribution is -2.30. The summed E-state index contributed by atoms with van der Waals surface area (Å²) >= 11 is 0. The number of hydrogen-bond acceptors (Lipinski definition) is 4. The third-order valence-corrected chi connectivity index (χ3v) is 2.71. The summed E-state index contributed by atoms with van der Waals surface area (Å²) in [6, 6.07) is 4.18. The van der Waals surface area contributed by atoms with Crippen LogP contribution >= 0.6 is 0 Å². The van der Waals surface area contributed by atoms with Gasteiger partial charge in [0.2, 0.25) is 0 Å². The number of furan rings is 1. The van der Waals surface area contributed by atoms with Gasteiger partial charge in [-0.2, -0.15) is 0 Å². The summed E-state index contributed by atoms with van der Waals surface area (Å²) in [5, 5.41) is 11.9. The third-order valence-electron chi connectivity index (χ3n) is 2.71. The molecule has 2 aromatic heterocycles. The number of aromatic amines is 1. The summed E-state index contributed by atoms with van der Waals surface area (Å²) in [7, 11) is 0. The van der Waals surface area contributed by atoms with Crippen LogP contribution in [0.2, 0.25) is 0 Å². The molecule has 0 aromatic carbocycles. The molecule has 3 N–H and O–H groups in total.